The van der Waals surface area contributed by atoms with Crippen LogP contribution in [-0.4, -0.2) is 31.5 Å². The summed E-state index contributed by atoms with van der Waals surface area (Å²) < 4.78 is 10.1. The number of anilines is 1. The van der Waals surface area contributed by atoms with Gasteiger partial charge in [0.1, 0.15) is 5.37 Å². The molecule has 4 rings (SSSR count). The number of thioether (sulfide) groups is 1. The third-order valence-corrected chi connectivity index (χ3v) is 6.92. The number of hydrogen-bond donors (Lipinski definition) is 0. The second kappa shape index (κ2) is 6.77. The molecule has 0 saturated carbocycles. The molecule has 0 N–H and O–H groups in total. The van der Waals surface area contributed by atoms with Crippen molar-refractivity contribution in [3.63, 3.8) is 0 Å². The van der Waals surface area contributed by atoms with Crippen molar-refractivity contribution < 1.29 is 19.1 Å². The van der Waals surface area contributed by atoms with Gasteiger partial charge in [-0.2, -0.15) is 0 Å². The first-order valence-electron chi connectivity index (χ1n) is 8.49. The molecule has 2 aromatic carbocycles. The Morgan fingerprint density at radius 3 is 2.41 bits per heavy atom. The van der Waals surface area contributed by atoms with Crippen molar-refractivity contribution in [2.24, 2.45) is 5.41 Å². The van der Waals surface area contributed by atoms with Crippen LogP contribution in [0.2, 0.25) is 5.02 Å². The van der Waals surface area contributed by atoms with Gasteiger partial charge in [-0.25, -0.2) is 0 Å². The van der Waals surface area contributed by atoms with Crippen LogP contribution in [0.15, 0.2) is 53.4 Å². The molecule has 2 heterocycles. The molecule has 0 amide bonds. The van der Waals surface area contributed by atoms with Crippen LogP contribution < -0.4 is 4.90 Å². The highest BCUT2D eigenvalue weighted by Gasteiger charge is 2.66. The van der Waals surface area contributed by atoms with Crippen LogP contribution in [0.5, 0.6) is 0 Å². The van der Waals surface area contributed by atoms with Crippen molar-refractivity contribution in [3.05, 3.63) is 59.1 Å². The molecule has 0 radical (unpaired) electrons. The Hall–Kier alpha value is -2.18. The van der Waals surface area contributed by atoms with Crippen molar-refractivity contribution in [3.8, 4) is 0 Å². The van der Waals surface area contributed by atoms with Gasteiger partial charge in [-0.3, -0.25) is 9.59 Å². The number of benzene rings is 2. The lowest BCUT2D eigenvalue weighted by Gasteiger charge is -2.30. The van der Waals surface area contributed by atoms with Crippen LogP contribution in [0.3, 0.4) is 0 Å². The fraction of sp³-hybridized carbons (Fsp3) is 0.300. The number of methoxy groups -OCH3 is 2. The Balaban J connectivity index is 1.90. The lowest BCUT2D eigenvalue weighted by Crippen LogP contribution is -2.48. The van der Waals surface area contributed by atoms with Crippen LogP contribution in [0, 0.1) is 5.41 Å². The predicted molar refractivity (Wildman–Crippen MR) is 104 cm³/mol. The minimum absolute atomic E-state index is 0.163. The predicted octanol–water partition coefficient (Wildman–Crippen LogP) is 4.06. The largest absolute Gasteiger partial charge is 0.468 e. The van der Waals surface area contributed by atoms with Crippen molar-refractivity contribution in [2.75, 3.05) is 19.1 Å². The summed E-state index contributed by atoms with van der Waals surface area (Å²) in [7, 11) is 2.60. The van der Waals surface area contributed by atoms with Crippen LogP contribution in [0.4, 0.5) is 5.69 Å². The van der Waals surface area contributed by atoms with E-state index in [0.29, 0.717) is 5.02 Å². The number of ether oxygens (including phenoxy) is 2. The molecule has 2 aromatic rings. The van der Waals surface area contributed by atoms with Gasteiger partial charge >= 0.3 is 11.9 Å². The Bertz CT molecular complexity index is 888. The average molecular weight is 404 g/mol. The van der Waals surface area contributed by atoms with Gasteiger partial charge in [0.15, 0.2) is 5.41 Å². The van der Waals surface area contributed by atoms with Crippen LogP contribution in [0.1, 0.15) is 18.0 Å². The monoisotopic (exact) mass is 403 g/mol. The summed E-state index contributed by atoms with van der Waals surface area (Å²) in [4.78, 5) is 28.8. The van der Waals surface area contributed by atoms with E-state index < -0.39 is 22.7 Å². The lowest BCUT2D eigenvalue weighted by atomic mass is 9.83. The maximum absolute atomic E-state index is 12.9. The zero-order valence-electron chi connectivity index (χ0n) is 14.8. The molecule has 1 fully saturated rings. The summed E-state index contributed by atoms with van der Waals surface area (Å²) in [6.07, 6.45) is 0.288. The normalized spacial score (nSPS) is 22.1. The number of carbonyl (C=O) groups excluding carboxylic acids is 2. The number of esters is 2. The Morgan fingerprint density at radius 1 is 1.11 bits per heavy atom. The first-order valence-corrected chi connectivity index (χ1v) is 9.75. The van der Waals surface area contributed by atoms with Gasteiger partial charge in [-0.15, -0.1) is 0 Å². The topological polar surface area (TPSA) is 55.8 Å². The van der Waals surface area contributed by atoms with E-state index in [1.165, 1.54) is 26.0 Å². The summed E-state index contributed by atoms with van der Waals surface area (Å²) >= 11 is 7.62. The minimum atomic E-state index is -1.42. The third kappa shape index (κ3) is 2.62. The summed E-state index contributed by atoms with van der Waals surface area (Å²) in [6, 6.07) is 15.3. The molecule has 2 aliphatic rings. The van der Waals surface area contributed by atoms with Gasteiger partial charge in [0.25, 0.3) is 0 Å². The first kappa shape index (κ1) is 18.2. The van der Waals surface area contributed by atoms with Gasteiger partial charge in [0.05, 0.1) is 25.9 Å². The zero-order chi connectivity index (χ0) is 19.2. The van der Waals surface area contributed by atoms with Crippen molar-refractivity contribution in [1.82, 2.24) is 0 Å². The van der Waals surface area contributed by atoms with E-state index in [0.717, 1.165) is 16.1 Å². The molecule has 1 saturated heterocycles. The molecule has 0 bridgehead atoms. The van der Waals surface area contributed by atoms with Gasteiger partial charge in [0, 0.05) is 16.3 Å². The molecule has 2 atom stereocenters. The van der Waals surface area contributed by atoms with Gasteiger partial charge in [-0.05, 0) is 23.8 Å². The minimum Gasteiger partial charge on any atom is -0.468 e. The van der Waals surface area contributed by atoms with Crippen molar-refractivity contribution in [2.45, 2.75) is 22.7 Å². The molecule has 0 aliphatic carbocycles. The van der Waals surface area contributed by atoms with E-state index >= 15 is 0 Å². The van der Waals surface area contributed by atoms with E-state index in [9.17, 15) is 9.59 Å². The quantitative estimate of drug-likeness (QED) is 0.569. The average Bonchev–Trinajstić information content (AvgIpc) is 3.22. The molecular formula is C20H18ClNO4S. The molecular weight excluding hydrogens is 386 g/mol. The van der Waals surface area contributed by atoms with Crippen LogP contribution in [0.25, 0.3) is 0 Å². The molecule has 2 aliphatic heterocycles. The van der Waals surface area contributed by atoms with Gasteiger partial charge in [0.2, 0.25) is 0 Å². The number of hydrogen-bond acceptors (Lipinski definition) is 6. The summed E-state index contributed by atoms with van der Waals surface area (Å²) in [5.41, 5.74) is 0.568. The molecule has 0 spiro atoms. The Kier molecular flexibility index (Phi) is 4.56. The SMILES string of the molecule is COC(=O)C1(C(=O)OC)C[C@@H](c2ccccc2)N2c3ccc(Cl)cc3S[C@@H]21. The van der Waals surface area contributed by atoms with E-state index in [1.54, 1.807) is 0 Å². The second-order valence-corrected chi connectivity index (χ2v) is 8.13. The Labute approximate surface area is 166 Å². The summed E-state index contributed by atoms with van der Waals surface area (Å²) in [5, 5.41) is 0.150. The van der Waals surface area contributed by atoms with Gasteiger partial charge in [-0.1, -0.05) is 53.7 Å². The third-order valence-electron chi connectivity index (χ3n) is 5.25. The molecule has 140 valence electrons. The fourth-order valence-electron chi connectivity index (χ4n) is 4.04. The zero-order valence-corrected chi connectivity index (χ0v) is 16.4. The number of halogens is 1. The maximum atomic E-state index is 12.9. The van der Waals surface area contributed by atoms with Crippen LogP contribution >= 0.6 is 23.4 Å². The highest BCUT2D eigenvalue weighted by Crippen LogP contribution is 2.62. The van der Waals surface area contributed by atoms with E-state index in [2.05, 4.69) is 4.90 Å². The smallest absolute Gasteiger partial charge is 0.326 e. The highest BCUT2D eigenvalue weighted by molar-refractivity contribution is 8.00. The molecule has 7 heteroatoms. The van der Waals surface area contributed by atoms with Gasteiger partial charge < -0.3 is 14.4 Å². The summed E-state index contributed by atoms with van der Waals surface area (Å²) in [6.45, 7) is 0. The van der Waals surface area contributed by atoms with Crippen LogP contribution in [-0.2, 0) is 19.1 Å². The number of fused-ring (bicyclic) bond motifs is 3. The second-order valence-electron chi connectivity index (χ2n) is 6.57. The highest BCUT2D eigenvalue weighted by atomic mass is 35.5. The fourth-order valence-corrected chi connectivity index (χ4v) is 5.87. The van der Waals surface area contributed by atoms with E-state index in [-0.39, 0.29) is 12.5 Å². The number of nitrogens with zero attached hydrogens (tertiary/aromatic N) is 1. The van der Waals surface area contributed by atoms with E-state index in [4.69, 9.17) is 21.1 Å². The number of rotatable bonds is 3. The van der Waals surface area contributed by atoms with Crippen molar-refractivity contribution >= 4 is 41.0 Å². The Morgan fingerprint density at radius 2 is 1.78 bits per heavy atom. The maximum Gasteiger partial charge on any atom is 0.326 e. The lowest BCUT2D eigenvalue weighted by molar-refractivity contribution is -0.168. The van der Waals surface area contributed by atoms with Crippen molar-refractivity contribution in [1.29, 1.82) is 0 Å². The molecule has 5 nitrogen and oxygen atoms in total. The standard InChI is InChI=1S/C20H18ClNO4S/c1-25-18(23)20(19(24)26-2)11-15(12-6-4-3-5-7-12)22-14-9-8-13(21)10-16(14)27-17(20)22/h3-10,15,17H,11H2,1-2H3/t15-,17+/m0/s1. The first-order chi connectivity index (χ1) is 13.0. The molecule has 0 aromatic heterocycles. The number of carbonyl (C=O) groups is 2. The molecule has 27 heavy (non-hydrogen) atoms. The molecule has 0 unspecified atom stereocenters. The van der Waals surface area contributed by atoms with E-state index in [1.807, 2.05) is 48.5 Å². The summed E-state index contributed by atoms with van der Waals surface area (Å²) in [5.74, 6) is -1.15.